The van der Waals surface area contributed by atoms with E-state index in [1.807, 2.05) is 13.8 Å². The normalized spacial score (nSPS) is 22.0. The molecule has 1 aliphatic heterocycles. The van der Waals surface area contributed by atoms with Gasteiger partial charge in [0, 0.05) is 25.0 Å². The Kier molecular flexibility index (Phi) is 4.33. The van der Waals surface area contributed by atoms with E-state index in [-0.39, 0.29) is 29.4 Å². The number of likely N-dealkylation sites (tertiary alicyclic amines) is 1. The number of sulfonamides is 1. The molecule has 1 amide bonds. The summed E-state index contributed by atoms with van der Waals surface area (Å²) in [7, 11) is -3.63. The summed E-state index contributed by atoms with van der Waals surface area (Å²) >= 11 is 0. The predicted octanol–water partition coefficient (Wildman–Crippen LogP) is 1.52. The lowest BCUT2D eigenvalue weighted by molar-refractivity contribution is -0.128. The number of rotatable bonds is 6. The molecule has 1 unspecified atom stereocenters. The van der Waals surface area contributed by atoms with Gasteiger partial charge in [-0.15, -0.1) is 0 Å². The van der Waals surface area contributed by atoms with E-state index in [1.54, 1.807) is 17.0 Å². The maximum atomic E-state index is 12.4. The van der Waals surface area contributed by atoms with Crippen LogP contribution in [0, 0.1) is 0 Å². The molecule has 6 nitrogen and oxygen atoms in total. The van der Waals surface area contributed by atoms with Gasteiger partial charge in [-0.3, -0.25) is 4.79 Å². The molecule has 1 saturated heterocycles. The number of hydrogen-bond donors (Lipinski definition) is 1. The maximum Gasteiger partial charge on any atom is 0.240 e. The van der Waals surface area contributed by atoms with Gasteiger partial charge in [0.15, 0.2) is 0 Å². The lowest BCUT2D eigenvalue weighted by atomic mass is 10.3. The number of carbonyl (C=O) groups is 1. The Morgan fingerprint density at radius 2 is 1.87 bits per heavy atom. The summed E-state index contributed by atoms with van der Waals surface area (Å²) in [5, 5.41) is 0. The van der Waals surface area contributed by atoms with Crippen molar-refractivity contribution in [3.8, 4) is 5.75 Å². The molecule has 2 aliphatic rings. The zero-order valence-electron chi connectivity index (χ0n) is 13.4. The molecular weight excluding hydrogens is 316 g/mol. The van der Waals surface area contributed by atoms with Gasteiger partial charge in [-0.2, -0.15) is 0 Å². The van der Waals surface area contributed by atoms with Crippen LogP contribution in [0.3, 0.4) is 0 Å². The van der Waals surface area contributed by atoms with Crippen LogP contribution in [0.2, 0.25) is 0 Å². The minimum Gasteiger partial charge on any atom is -0.491 e. The fourth-order valence-corrected chi connectivity index (χ4v) is 4.03. The molecule has 0 spiro atoms. The van der Waals surface area contributed by atoms with Crippen LogP contribution >= 0.6 is 0 Å². The van der Waals surface area contributed by atoms with Gasteiger partial charge in [0.2, 0.25) is 15.9 Å². The summed E-state index contributed by atoms with van der Waals surface area (Å²) in [5.74, 6) is 0.677. The van der Waals surface area contributed by atoms with Crippen LogP contribution < -0.4 is 9.46 Å². The number of hydrogen-bond acceptors (Lipinski definition) is 4. The third-order valence-corrected chi connectivity index (χ3v) is 5.51. The molecule has 2 fully saturated rings. The minimum absolute atomic E-state index is 0.0356. The third-order valence-electron chi connectivity index (χ3n) is 3.97. The smallest absolute Gasteiger partial charge is 0.240 e. The maximum absolute atomic E-state index is 12.4. The Bertz CT molecular complexity index is 681. The first-order valence-corrected chi connectivity index (χ1v) is 9.42. The van der Waals surface area contributed by atoms with Crippen molar-refractivity contribution in [3.63, 3.8) is 0 Å². The minimum atomic E-state index is -3.63. The highest BCUT2D eigenvalue weighted by Crippen LogP contribution is 2.31. The summed E-state index contributed by atoms with van der Waals surface area (Å²) in [6.45, 7) is 4.29. The fourth-order valence-electron chi connectivity index (χ4n) is 2.81. The van der Waals surface area contributed by atoms with Crippen molar-refractivity contribution in [2.75, 3.05) is 6.54 Å². The number of ether oxygens (including phenoxy) is 1. The van der Waals surface area contributed by atoms with Crippen LogP contribution in [0.5, 0.6) is 5.75 Å². The second-order valence-electron chi connectivity index (χ2n) is 6.44. The van der Waals surface area contributed by atoms with E-state index in [9.17, 15) is 13.2 Å². The second kappa shape index (κ2) is 6.13. The molecule has 23 heavy (non-hydrogen) atoms. The molecule has 1 N–H and O–H groups in total. The van der Waals surface area contributed by atoms with E-state index in [2.05, 4.69) is 4.72 Å². The van der Waals surface area contributed by atoms with Crippen molar-refractivity contribution >= 4 is 15.9 Å². The first-order valence-electron chi connectivity index (χ1n) is 7.93. The van der Waals surface area contributed by atoms with Gasteiger partial charge in [0.1, 0.15) is 5.75 Å². The molecule has 1 saturated carbocycles. The number of nitrogens with zero attached hydrogens (tertiary/aromatic N) is 1. The second-order valence-corrected chi connectivity index (χ2v) is 8.15. The van der Waals surface area contributed by atoms with E-state index in [0.717, 1.165) is 12.8 Å². The number of nitrogens with one attached hydrogen (secondary N) is 1. The first kappa shape index (κ1) is 16.3. The summed E-state index contributed by atoms with van der Waals surface area (Å²) in [5.41, 5.74) is 0. The van der Waals surface area contributed by atoms with Crippen molar-refractivity contribution in [1.82, 2.24) is 9.62 Å². The van der Waals surface area contributed by atoms with E-state index >= 15 is 0 Å². The highest BCUT2D eigenvalue weighted by Gasteiger charge is 2.40. The van der Waals surface area contributed by atoms with Gasteiger partial charge in [-0.1, -0.05) is 0 Å². The molecule has 1 atom stereocenters. The molecule has 1 aliphatic carbocycles. The lowest BCUT2D eigenvalue weighted by Gasteiger charge is -2.16. The molecule has 0 bridgehead atoms. The zero-order valence-corrected chi connectivity index (χ0v) is 14.2. The quantitative estimate of drug-likeness (QED) is 0.853. The summed E-state index contributed by atoms with van der Waals surface area (Å²) in [6.07, 6.45) is 2.34. The third kappa shape index (κ3) is 3.84. The van der Waals surface area contributed by atoms with Gasteiger partial charge >= 0.3 is 0 Å². The van der Waals surface area contributed by atoms with Crippen LogP contribution in [-0.4, -0.2) is 44.0 Å². The van der Waals surface area contributed by atoms with E-state index in [4.69, 9.17) is 4.74 Å². The standard InChI is InChI=1S/C16H22N2O4S/c1-11(2)22-14-5-7-15(8-6-14)23(20,21)17-12-9-16(19)18(10-12)13-3-4-13/h5-8,11-13,17H,3-4,9-10H2,1-2H3. The van der Waals surface area contributed by atoms with Crippen LogP contribution in [0.1, 0.15) is 33.1 Å². The molecule has 7 heteroatoms. The summed E-state index contributed by atoms with van der Waals surface area (Å²) in [6, 6.07) is 6.31. The topological polar surface area (TPSA) is 75.7 Å². The van der Waals surface area contributed by atoms with E-state index in [0.29, 0.717) is 18.3 Å². The van der Waals surface area contributed by atoms with Crippen LogP contribution in [0.25, 0.3) is 0 Å². The predicted molar refractivity (Wildman–Crippen MR) is 85.7 cm³/mol. The zero-order chi connectivity index (χ0) is 16.6. The van der Waals surface area contributed by atoms with Gasteiger partial charge in [0.25, 0.3) is 0 Å². The van der Waals surface area contributed by atoms with Crippen LogP contribution in [0.15, 0.2) is 29.2 Å². The van der Waals surface area contributed by atoms with Gasteiger partial charge < -0.3 is 9.64 Å². The molecule has 126 valence electrons. The first-order chi connectivity index (χ1) is 10.8. The van der Waals surface area contributed by atoms with Crippen LogP contribution in [-0.2, 0) is 14.8 Å². The number of benzene rings is 1. The van der Waals surface area contributed by atoms with E-state index in [1.165, 1.54) is 12.1 Å². The van der Waals surface area contributed by atoms with Crippen molar-refractivity contribution in [2.45, 2.75) is 56.2 Å². The molecule has 0 radical (unpaired) electrons. The van der Waals surface area contributed by atoms with Crippen molar-refractivity contribution < 1.29 is 17.9 Å². The SMILES string of the molecule is CC(C)Oc1ccc(S(=O)(=O)NC2CC(=O)N(C3CC3)C2)cc1. The fraction of sp³-hybridized carbons (Fsp3) is 0.562. The molecule has 1 heterocycles. The molecule has 3 rings (SSSR count). The van der Waals surface area contributed by atoms with E-state index < -0.39 is 10.0 Å². The average molecular weight is 338 g/mol. The van der Waals surface area contributed by atoms with Crippen molar-refractivity contribution in [1.29, 1.82) is 0 Å². The largest absolute Gasteiger partial charge is 0.491 e. The van der Waals surface area contributed by atoms with Crippen molar-refractivity contribution in [2.24, 2.45) is 0 Å². The van der Waals surface area contributed by atoms with Crippen LogP contribution in [0.4, 0.5) is 0 Å². The molecular formula is C16H22N2O4S. The average Bonchev–Trinajstić information content (AvgIpc) is 3.23. The summed E-state index contributed by atoms with van der Waals surface area (Å²) in [4.78, 5) is 13.9. The Hall–Kier alpha value is -1.60. The monoisotopic (exact) mass is 338 g/mol. The number of carbonyl (C=O) groups excluding carboxylic acids is 1. The molecule has 0 aromatic heterocycles. The Balaban J connectivity index is 1.66. The van der Waals surface area contributed by atoms with Gasteiger partial charge in [-0.25, -0.2) is 13.1 Å². The summed E-state index contributed by atoms with van der Waals surface area (Å²) < 4.78 is 33.0. The lowest BCUT2D eigenvalue weighted by Crippen LogP contribution is -2.37. The Morgan fingerprint density at radius 3 is 2.43 bits per heavy atom. The van der Waals surface area contributed by atoms with Crippen molar-refractivity contribution in [3.05, 3.63) is 24.3 Å². The number of amides is 1. The van der Waals surface area contributed by atoms with Gasteiger partial charge in [-0.05, 0) is 51.0 Å². The highest BCUT2D eigenvalue weighted by atomic mass is 32.2. The Morgan fingerprint density at radius 1 is 1.22 bits per heavy atom. The van der Waals surface area contributed by atoms with Gasteiger partial charge in [0.05, 0.1) is 11.0 Å². The molecule has 1 aromatic rings. The molecule has 1 aromatic carbocycles. The Labute approximate surface area is 136 Å². The highest BCUT2D eigenvalue weighted by molar-refractivity contribution is 7.89.